The molecule has 0 aliphatic carbocycles. The minimum Gasteiger partial charge on any atom is -0.335 e. The number of likely N-dealkylation sites (tertiary alicyclic amines) is 1. The number of amides is 1. The molecule has 0 aromatic carbocycles. The van der Waals surface area contributed by atoms with Crippen molar-refractivity contribution in [1.82, 2.24) is 33.8 Å². The topological polar surface area (TPSA) is 90.8 Å². The van der Waals surface area contributed by atoms with Gasteiger partial charge in [-0.15, -0.1) is 0 Å². The Kier molecular flexibility index (Phi) is 4.06. The number of aryl methyl sites for hydroxylation is 2. The van der Waals surface area contributed by atoms with Gasteiger partial charge in [-0.25, -0.2) is 14.8 Å². The Bertz CT molecular complexity index is 1020. The average Bonchev–Trinajstić information content (AvgIpc) is 3.25. The van der Waals surface area contributed by atoms with E-state index in [1.54, 1.807) is 44.2 Å². The molecule has 0 N–H and O–H groups in total. The monoisotopic (exact) mass is 355 g/mol. The van der Waals surface area contributed by atoms with E-state index in [1.165, 1.54) is 6.33 Å². The van der Waals surface area contributed by atoms with Gasteiger partial charge in [0.1, 0.15) is 17.5 Å². The zero-order valence-electron chi connectivity index (χ0n) is 14.9. The summed E-state index contributed by atoms with van der Waals surface area (Å²) in [7, 11) is 1.72. The first kappa shape index (κ1) is 16.5. The molecule has 0 spiro atoms. The normalized spacial score (nSPS) is 17.8. The highest BCUT2D eigenvalue weighted by Crippen LogP contribution is 2.24. The summed E-state index contributed by atoms with van der Waals surface area (Å²) in [5.74, 6) is -0.0928. The number of carbonyl (C=O) groups excluding carboxylic acids is 1. The lowest BCUT2D eigenvalue weighted by Gasteiger charge is -2.32. The predicted octanol–water partition coefficient (Wildman–Crippen LogP) is 0.824. The molecule has 0 bridgehead atoms. The second-order valence-corrected chi connectivity index (χ2v) is 6.55. The van der Waals surface area contributed by atoms with Gasteiger partial charge in [0.2, 0.25) is 0 Å². The molecule has 9 nitrogen and oxygen atoms in total. The highest BCUT2D eigenvalue weighted by Gasteiger charge is 2.29. The zero-order valence-corrected chi connectivity index (χ0v) is 14.9. The van der Waals surface area contributed by atoms with Gasteiger partial charge < -0.3 is 4.90 Å². The highest BCUT2D eigenvalue weighted by molar-refractivity contribution is 5.92. The third-order valence-electron chi connectivity index (χ3n) is 4.99. The highest BCUT2D eigenvalue weighted by atomic mass is 16.2. The summed E-state index contributed by atoms with van der Waals surface area (Å²) in [5.41, 5.74) is 1.62. The molecule has 1 aliphatic rings. The number of rotatable bonds is 3. The van der Waals surface area contributed by atoms with E-state index in [9.17, 15) is 9.59 Å². The molecule has 0 radical (unpaired) electrons. The SMILES string of the molecule is CCn1ccc(C(=O)N2CCCC(n3c(=O)n(C)c4cncnc43)C2)n1. The molecule has 4 rings (SSSR count). The van der Waals surface area contributed by atoms with Crippen molar-refractivity contribution in [2.24, 2.45) is 7.05 Å². The first-order valence-electron chi connectivity index (χ1n) is 8.79. The van der Waals surface area contributed by atoms with E-state index in [2.05, 4.69) is 15.1 Å². The van der Waals surface area contributed by atoms with Crippen LogP contribution in [0.3, 0.4) is 0 Å². The molecule has 1 amide bonds. The first-order chi connectivity index (χ1) is 12.6. The van der Waals surface area contributed by atoms with E-state index in [0.717, 1.165) is 19.4 Å². The quantitative estimate of drug-likeness (QED) is 0.694. The van der Waals surface area contributed by atoms with Gasteiger partial charge in [-0.1, -0.05) is 0 Å². The molecule has 1 aliphatic heterocycles. The third kappa shape index (κ3) is 2.59. The smallest absolute Gasteiger partial charge is 0.330 e. The molecule has 3 aromatic rings. The Morgan fingerprint density at radius 3 is 3.00 bits per heavy atom. The van der Waals surface area contributed by atoms with Crippen molar-refractivity contribution in [1.29, 1.82) is 0 Å². The number of carbonyl (C=O) groups is 1. The van der Waals surface area contributed by atoms with Crippen molar-refractivity contribution < 1.29 is 4.79 Å². The lowest BCUT2D eigenvalue weighted by molar-refractivity contribution is 0.0672. The van der Waals surface area contributed by atoms with Crippen LogP contribution in [0.5, 0.6) is 0 Å². The molecule has 136 valence electrons. The van der Waals surface area contributed by atoms with Gasteiger partial charge in [0, 0.05) is 32.9 Å². The Morgan fingerprint density at radius 2 is 2.23 bits per heavy atom. The van der Waals surface area contributed by atoms with Gasteiger partial charge in [-0.05, 0) is 25.8 Å². The summed E-state index contributed by atoms with van der Waals surface area (Å²) in [6.45, 7) is 3.84. The second-order valence-electron chi connectivity index (χ2n) is 6.55. The molecule has 1 fully saturated rings. The van der Waals surface area contributed by atoms with Gasteiger partial charge in [0.05, 0.1) is 12.2 Å². The fourth-order valence-electron chi connectivity index (χ4n) is 3.59. The van der Waals surface area contributed by atoms with Gasteiger partial charge >= 0.3 is 5.69 Å². The number of piperidine rings is 1. The minimum atomic E-state index is -0.130. The Labute approximate surface area is 149 Å². The lowest BCUT2D eigenvalue weighted by atomic mass is 10.1. The molecule has 26 heavy (non-hydrogen) atoms. The van der Waals surface area contributed by atoms with Crippen LogP contribution in [-0.4, -0.2) is 52.8 Å². The molecule has 1 saturated heterocycles. The van der Waals surface area contributed by atoms with Crippen LogP contribution in [0.4, 0.5) is 0 Å². The molecule has 1 unspecified atom stereocenters. The van der Waals surface area contributed by atoms with E-state index in [-0.39, 0.29) is 17.6 Å². The third-order valence-corrected chi connectivity index (χ3v) is 4.99. The molecular weight excluding hydrogens is 334 g/mol. The second kappa shape index (κ2) is 6.40. The van der Waals surface area contributed by atoms with Crippen molar-refractivity contribution >= 4 is 17.1 Å². The maximum Gasteiger partial charge on any atom is 0.330 e. The van der Waals surface area contributed by atoms with E-state index >= 15 is 0 Å². The lowest BCUT2D eigenvalue weighted by Crippen LogP contribution is -2.43. The van der Waals surface area contributed by atoms with Gasteiger partial charge in [-0.2, -0.15) is 5.10 Å². The van der Waals surface area contributed by atoms with Crippen LogP contribution in [0.1, 0.15) is 36.3 Å². The number of hydrogen-bond donors (Lipinski definition) is 0. The summed E-state index contributed by atoms with van der Waals surface area (Å²) in [5, 5.41) is 4.31. The molecule has 0 saturated carbocycles. The average molecular weight is 355 g/mol. The van der Waals surface area contributed by atoms with Crippen molar-refractivity contribution in [3.63, 3.8) is 0 Å². The standard InChI is InChI=1S/C17H21N7O2/c1-3-23-8-6-13(20-23)16(25)22-7-4-5-12(10-22)24-15-14(9-18-11-19-15)21(2)17(24)26/h6,8-9,11-12H,3-5,7,10H2,1-2H3. The van der Waals surface area contributed by atoms with Gasteiger partial charge in [0.15, 0.2) is 5.65 Å². The van der Waals surface area contributed by atoms with Crippen molar-refractivity contribution in [3.8, 4) is 0 Å². The number of imidazole rings is 1. The number of aromatic nitrogens is 6. The summed E-state index contributed by atoms with van der Waals surface area (Å²) < 4.78 is 4.99. The minimum absolute atomic E-state index is 0.0928. The fraction of sp³-hybridized carbons (Fsp3) is 0.471. The largest absolute Gasteiger partial charge is 0.335 e. The molecule has 4 heterocycles. The van der Waals surface area contributed by atoms with E-state index in [4.69, 9.17) is 0 Å². The van der Waals surface area contributed by atoms with Crippen LogP contribution in [0, 0.1) is 0 Å². The van der Waals surface area contributed by atoms with Crippen LogP contribution in [0.25, 0.3) is 11.2 Å². The Hall–Kier alpha value is -2.97. The first-order valence-corrected chi connectivity index (χ1v) is 8.79. The molecular formula is C17H21N7O2. The van der Waals surface area contributed by atoms with Crippen LogP contribution in [-0.2, 0) is 13.6 Å². The van der Waals surface area contributed by atoms with Crippen LogP contribution >= 0.6 is 0 Å². The van der Waals surface area contributed by atoms with E-state index in [0.29, 0.717) is 29.9 Å². The number of hydrogen-bond acceptors (Lipinski definition) is 5. The van der Waals surface area contributed by atoms with E-state index in [1.807, 2.05) is 6.92 Å². The molecule has 1 atom stereocenters. The van der Waals surface area contributed by atoms with E-state index < -0.39 is 0 Å². The summed E-state index contributed by atoms with van der Waals surface area (Å²) >= 11 is 0. The van der Waals surface area contributed by atoms with Gasteiger partial charge in [-0.3, -0.25) is 18.6 Å². The Morgan fingerprint density at radius 1 is 1.38 bits per heavy atom. The van der Waals surface area contributed by atoms with Crippen molar-refractivity contribution in [2.45, 2.75) is 32.4 Å². The number of fused-ring (bicyclic) bond motifs is 1. The fourth-order valence-corrected chi connectivity index (χ4v) is 3.59. The van der Waals surface area contributed by atoms with Gasteiger partial charge in [0.25, 0.3) is 5.91 Å². The van der Waals surface area contributed by atoms with Crippen LogP contribution in [0.15, 0.2) is 29.6 Å². The summed E-state index contributed by atoms with van der Waals surface area (Å²) in [6, 6.07) is 1.64. The summed E-state index contributed by atoms with van der Waals surface area (Å²) in [4.78, 5) is 35.6. The number of nitrogens with zero attached hydrogens (tertiary/aromatic N) is 7. The van der Waals surface area contributed by atoms with Crippen molar-refractivity contribution in [3.05, 3.63) is 41.0 Å². The molecule has 3 aromatic heterocycles. The predicted molar refractivity (Wildman–Crippen MR) is 94.8 cm³/mol. The van der Waals surface area contributed by atoms with Crippen LogP contribution < -0.4 is 5.69 Å². The molecule has 9 heteroatoms. The Balaban J connectivity index is 1.64. The summed E-state index contributed by atoms with van der Waals surface area (Å²) in [6.07, 6.45) is 6.56. The zero-order chi connectivity index (χ0) is 18.3. The maximum absolute atomic E-state index is 12.8. The van der Waals surface area contributed by atoms with Crippen molar-refractivity contribution in [2.75, 3.05) is 13.1 Å². The maximum atomic E-state index is 12.8. The van der Waals surface area contributed by atoms with Crippen LogP contribution in [0.2, 0.25) is 0 Å².